The number of hydrogen-bond donors (Lipinski definition) is 1. The summed E-state index contributed by atoms with van der Waals surface area (Å²) in [4.78, 5) is 8.68. The highest BCUT2D eigenvalue weighted by Gasteiger charge is 2.16. The van der Waals surface area contributed by atoms with Crippen LogP contribution in [0.25, 0.3) is 0 Å². The number of aryl methyl sites for hydroxylation is 2. The minimum Gasteiger partial charge on any atom is -0.366 e. The van der Waals surface area contributed by atoms with Crippen LogP contribution in [0, 0.1) is 6.92 Å². The molecule has 0 amide bonds. The molecule has 2 aromatic heterocycles. The fourth-order valence-corrected chi connectivity index (χ4v) is 2.41. The number of rotatable bonds is 3. The molecule has 0 radical (unpaired) electrons. The van der Waals surface area contributed by atoms with Gasteiger partial charge in [-0.15, -0.1) is 0 Å². The number of hydrogen-bond acceptors (Lipinski definition) is 4. The number of anilines is 1. The molecule has 0 spiro atoms. The summed E-state index contributed by atoms with van der Waals surface area (Å²) in [5.41, 5.74) is 4.89. The molecule has 0 aromatic carbocycles. The van der Waals surface area contributed by atoms with Gasteiger partial charge in [0.1, 0.15) is 12.1 Å². The van der Waals surface area contributed by atoms with Gasteiger partial charge in [-0.05, 0) is 26.2 Å². The Bertz CT molecular complexity index is 573. The van der Waals surface area contributed by atoms with Crippen molar-refractivity contribution in [2.45, 2.75) is 32.7 Å². The van der Waals surface area contributed by atoms with E-state index in [1.807, 2.05) is 17.9 Å². The van der Waals surface area contributed by atoms with Gasteiger partial charge in [-0.25, -0.2) is 9.97 Å². The second-order valence-corrected chi connectivity index (χ2v) is 4.73. The topological polar surface area (TPSA) is 55.6 Å². The molecule has 0 atom stereocenters. The van der Waals surface area contributed by atoms with Gasteiger partial charge in [-0.2, -0.15) is 5.10 Å². The maximum absolute atomic E-state index is 4.35. The van der Waals surface area contributed by atoms with Crippen molar-refractivity contribution >= 4 is 5.82 Å². The van der Waals surface area contributed by atoms with Crippen LogP contribution in [0.1, 0.15) is 28.9 Å². The normalized spacial score (nSPS) is 13.7. The Balaban J connectivity index is 1.78. The molecule has 3 rings (SSSR count). The van der Waals surface area contributed by atoms with E-state index < -0.39 is 0 Å². The van der Waals surface area contributed by atoms with Crippen molar-refractivity contribution in [2.24, 2.45) is 7.05 Å². The highest BCUT2D eigenvalue weighted by Crippen LogP contribution is 2.25. The van der Waals surface area contributed by atoms with Crippen LogP contribution in [-0.2, 0) is 26.4 Å². The van der Waals surface area contributed by atoms with Gasteiger partial charge in [-0.3, -0.25) is 4.68 Å². The summed E-state index contributed by atoms with van der Waals surface area (Å²) in [5, 5.41) is 7.66. The molecular weight excluding hydrogens is 226 g/mol. The first-order valence-electron chi connectivity index (χ1n) is 6.30. The molecule has 0 fully saturated rings. The third kappa shape index (κ3) is 1.85. The number of aromatic nitrogens is 4. The molecule has 0 unspecified atom stereocenters. The second kappa shape index (κ2) is 4.40. The van der Waals surface area contributed by atoms with Gasteiger partial charge >= 0.3 is 0 Å². The lowest BCUT2D eigenvalue weighted by molar-refractivity contribution is 0.738. The monoisotopic (exact) mass is 243 g/mol. The molecule has 94 valence electrons. The van der Waals surface area contributed by atoms with Crippen molar-refractivity contribution in [3.8, 4) is 0 Å². The van der Waals surface area contributed by atoms with E-state index in [2.05, 4.69) is 27.3 Å². The molecule has 1 N–H and O–H groups in total. The quantitative estimate of drug-likeness (QED) is 0.890. The van der Waals surface area contributed by atoms with Gasteiger partial charge in [0.05, 0.1) is 6.20 Å². The number of nitrogens with one attached hydrogen (secondary N) is 1. The van der Waals surface area contributed by atoms with Crippen LogP contribution in [0.5, 0.6) is 0 Å². The standard InChI is InChI=1S/C13H17N5/c1-9-10(7-17-18(9)2)6-14-13-11-4-3-5-12(11)15-8-16-13/h7-8H,3-6H2,1-2H3,(H,14,15,16). The lowest BCUT2D eigenvalue weighted by Crippen LogP contribution is -2.06. The predicted octanol–water partition coefficient (Wildman–Crippen LogP) is 1.62. The van der Waals surface area contributed by atoms with Crippen LogP contribution in [0.4, 0.5) is 5.82 Å². The largest absolute Gasteiger partial charge is 0.366 e. The second-order valence-electron chi connectivity index (χ2n) is 4.73. The minimum atomic E-state index is 0.767. The molecule has 2 heterocycles. The zero-order valence-electron chi connectivity index (χ0n) is 10.8. The maximum Gasteiger partial charge on any atom is 0.133 e. The first-order chi connectivity index (χ1) is 8.75. The summed E-state index contributed by atoms with van der Waals surface area (Å²) in [5.74, 6) is 0.987. The smallest absolute Gasteiger partial charge is 0.133 e. The van der Waals surface area contributed by atoms with Crippen molar-refractivity contribution in [1.82, 2.24) is 19.7 Å². The Morgan fingerprint density at radius 2 is 2.22 bits per heavy atom. The summed E-state index contributed by atoms with van der Waals surface area (Å²) in [6, 6.07) is 0. The van der Waals surface area contributed by atoms with Crippen LogP contribution in [0.15, 0.2) is 12.5 Å². The molecular formula is C13H17N5. The summed E-state index contributed by atoms with van der Waals surface area (Å²) in [7, 11) is 1.96. The molecule has 1 aliphatic rings. The Kier molecular flexibility index (Phi) is 2.74. The van der Waals surface area contributed by atoms with Gasteiger partial charge in [0.2, 0.25) is 0 Å². The van der Waals surface area contributed by atoms with E-state index in [0.717, 1.165) is 25.2 Å². The van der Waals surface area contributed by atoms with E-state index in [-0.39, 0.29) is 0 Å². The average Bonchev–Trinajstić information content (AvgIpc) is 2.97. The molecule has 2 aromatic rings. The van der Waals surface area contributed by atoms with E-state index in [1.165, 1.54) is 28.9 Å². The van der Waals surface area contributed by atoms with Crippen LogP contribution in [0.3, 0.4) is 0 Å². The van der Waals surface area contributed by atoms with Gasteiger partial charge < -0.3 is 5.32 Å². The van der Waals surface area contributed by atoms with Crippen molar-refractivity contribution in [2.75, 3.05) is 5.32 Å². The van der Waals surface area contributed by atoms with Crippen LogP contribution in [-0.4, -0.2) is 19.7 Å². The zero-order valence-corrected chi connectivity index (χ0v) is 10.8. The average molecular weight is 243 g/mol. The van der Waals surface area contributed by atoms with Crippen LogP contribution >= 0.6 is 0 Å². The SMILES string of the molecule is Cc1c(CNc2ncnc3c2CCC3)cnn1C. The lowest BCUT2D eigenvalue weighted by atomic mass is 10.2. The third-order valence-electron chi connectivity index (χ3n) is 3.66. The molecule has 0 bridgehead atoms. The van der Waals surface area contributed by atoms with E-state index in [0.29, 0.717) is 0 Å². The molecule has 18 heavy (non-hydrogen) atoms. The third-order valence-corrected chi connectivity index (χ3v) is 3.66. The van der Waals surface area contributed by atoms with Gasteiger partial charge in [0.25, 0.3) is 0 Å². The molecule has 0 saturated carbocycles. The highest BCUT2D eigenvalue weighted by atomic mass is 15.3. The summed E-state index contributed by atoms with van der Waals surface area (Å²) in [6.45, 7) is 2.84. The van der Waals surface area contributed by atoms with E-state index in [9.17, 15) is 0 Å². The summed E-state index contributed by atoms with van der Waals surface area (Å²) >= 11 is 0. The van der Waals surface area contributed by atoms with Crippen molar-refractivity contribution in [1.29, 1.82) is 0 Å². The van der Waals surface area contributed by atoms with Crippen molar-refractivity contribution in [3.63, 3.8) is 0 Å². The van der Waals surface area contributed by atoms with Crippen molar-refractivity contribution in [3.05, 3.63) is 35.0 Å². The Morgan fingerprint density at radius 1 is 1.33 bits per heavy atom. The molecule has 5 nitrogen and oxygen atoms in total. The fraction of sp³-hybridized carbons (Fsp3) is 0.462. The Labute approximate surface area is 106 Å². The molecule has 5 heteroatoms. The minimum absolute atomic E-state index is 0.767. The fourth-order valence-electron chi connectivity index (χ4n) is 2.41. The van der Waals surface area contributed by atoms with Gasteiger partial charge in [-0.1, -0.05) is 0 Å². The molecule has 0 saturated heterocycles. The van der Waals surface area contributed by atoms with E-state index in [4.69, 9.17) is 0 Å². The van der Waals surface area contributed by atoms with Gasteiger partial charge in [0, 0.05) is 36.1 Å². The predicted molar refractivity (Wildman–Crippen MR) is 69.3 cm³/mol. The number of nitrogens with zero attached hydrogens (tertiary/aromatic N) is 4. The van der Waals surface area contributed by atoms with E-state index in [1.54, 1.807) is 6.33 Å². The van der Waals surface area contributed by atoms with Crippen LogP contribution < -0.4 is 5.32 Å². The highest BCUT2D eigenvalue weighted by molar-refractivity contribution is 5.48. The Hall–Kier alpha value is -1.91. The molecule has 1 aliphatic carbocycles. The zero-order chi connectivity index (χ0) is 12.5. The summed E-state index contributed by atoms with van der Waals surface area (Å²) < 4.78 is 1.89. The van der Waals surface area contributed by atoms with Crippen molar-refractivity contribution < 1.29 is 0 Å². The Morgan fingerprint density at radius 3 is 3.00 bits per heavy atom. The lowest BCUT2D eigenvalue weighted by Gasteiger charge is -2.09. The van der Waals surface area contributed by atoms with Crippen LogP contribution in [0.2, 0.25) is 0 Å². The maximum atomic E-state index is 4.35. The first-order valence-corrected chi connectivity index (χ1v) is 6.30. The van der Waals surface area contributed by atoms with E-state index >= 15 is 0 Å². The number of fused-ring (bicyclic) bond motifs is 1. The first kappa shape index (κ1) is 11.2. The summed E-state index contributed by atoms with van der Waals surface area (Å²) in [6.07, 6.45) is 6.92. The van der Waals surface area contributed by atoms with Gasteiger partial charge in [0.15, 0.2) is 0 Å². The molecule has 0 aliphatic heterocycles.